The molecule has 96 valence electrons. The molecule has 4 N–H and O–H groups in total. The number of aliphatic carboxylic acids is 1. The van der Waals surface area contributed by atoms with Crippen LogP contribution in [0.5, 0.6) is 0 Å². The molecule has 0 aromatic carbocycles. The number of carboxylic acids is 1. The Labute approximate surface area is 99.4 Å². The predicted molar refractivity (Wildman–Crippen MR) is 59.1 cm³/mol. The molecule has 0 spiro atoms. The van der Waals surface area contributed by atoms with E-state index in [4.69, 9.17) is 10.8 Å². The Bertz CT molecular complexity index is 340. The van der Waals surface area contributed by atoms with Gasteiger partial charge in [0.15, 0.2) is 0 Å². The lowest BCUT2D eigenvalue weighted by Gasteiger charge is -2.38. The molecule has 0 radical (unpaired) electrons. The van der Waals surface area contributed by atoms with Crippen molar-refractivity contribution in [3.63, 3.8) is 0 Å². The predicted octanol–water partition coefficient (Wildman–Crippen LogP) is -0.696. The molecule has 0 aromatic rings. The Morgan fingerprint density at radius 2 is 2.06 bits per heavy atom. The maximum atomic E-state index is 12.0. The van der Waals surface area contributed by atoms with Gasteiger partial charge in [0.2, 0.25) is 5.91 Å². The minimum Gasteiger partial charge on any atom is -0.480 e. The van der Waals surface area contributed by atoms with Gasteiger partial charge in [-0.3, -0.25) is 4.79 Å². The normalized spacial score (nSPS) is 31.1. The summed E-state index contributed by atoms with van der Waals surface area (Å²) in [6, 6.07) is -0.902. The first-order valence-electron chi connectivity index (χ1n) is 5.90. The molecule has 17 heavy (non-hydrogen) atoms. The summed E-state index contributed by atoms with van der Waals surface area (Å²) in [6.45, 7) is 0.103. The smallest absolute Gasteiger partial charge is 0.326 e. The van der Waals surface area contributed by atoms with Gasteiger partial charge in [-0.25, -0.2) is 4.79 Å². The fourth-order valence-corrected chi connectivity index (χ4v) is 2.53. The SMILES string of the molecule is NC1(CC(=O)N2CC(O)C[C@H]2C(=O)O)CCC1. The van der Waals surface area contributed by atoms with E-state index in [1.54, 1.807) is 0 Å². The number of hydrogen-bond acceptors (Lipinski definition) is 4. The third-order valence-electron chi connectivity index (χ3n) is 3.74. The van der Waals surface area contributed by atoms with Gasteiger partial charge in [-0.15, -0.1) is 0 Å². The van der Waals surface area contributed by atoms with E-state index >= 15 is 0 Å². The lowest BCUT2D eigenvalue weighted by atomic mass is 9.75. The minimum atomic E-state index is -1.06. The fourth-order valence-electron chi connectivity index (χ4n) is 2.53. The number of likely N-dealkylation sites (tertiary alicyclic amines) is 1. The van der Waals surface area contributed by atoms with Gasteiger partial charge in [-0.05, 0) is 19.3 Å². The Morgan fingerprint density at radius 3 is 2.53 bits per heavy atom. The number of carbonyl (C=O) groups excluding carboxylic acids is 1. The summed E-state index contributed by atoms with van der Waals surface area (Å²) >= 11 is 0. The maximum Gasteiger partial charge on any atom is 0.326 e. The summed E-state index contributed by atoms with van der Waals surface area (Å²) in [5.41, 5.74) is 5.52. The molecule has 6 nitrogen and oxygen atoms in total. The zero-order valence-corrected chi connectivity index (χ0v) is 9.63. The van der Waals surface area contributed by atoms with Crippen LogP contribution in [0.25, 0.3) is 0 Å². The van der Waals surface area contributed by atoms with Crippen LogP contribution in [0.2, 0.25) is 0 Å². The number of aliphatic hydroxyl groups is 1. The molecular formula is C11H18N2O4. The van der Waals surface area contributed by atoms with Gasteiger partial charge >= 0.3 is 5.97 Å². The van der Waals surface area contributed by atoms with Crippen LogP contribution in [0.3, 0.4) is 0 Å². The van der Waals surface area contributed by atoms with Crippen molar-refractivity contribution in [2.75, 3.05) is 6.54 Å². The molecule has 1 amide bonds. The summed E-state index contributed by atoms with van der Waals surface area (Å²) in [5, 5.41) is 18.4. The summed E-state index contributed by atoms with van der Waals surface area (Å²) < 4.78 is 0. The number of carboxylic acid groups (broad SMARTS) is 1. The average Bonchev–Trinajstić information content (AvgIpc) is 2.58. The van der Waals surface area contributed by atoms with Crippen LogP contribution in [0.4, 0.5) is 0 Å². The van der Waals surface area contributed by atoms with Crippen LogP contribution in [-0.2, 0) is 9.59 Å². The minimum absolute atomic E-state index is 0.103. The van der Waals surface area contributed by atoms with E-state index in [-0.39, 0.29) is 25.3 Å². The molecule has 1 heterocycles. The monoisotopic (exact) mass is 242 g/mol. The summed E-state index contributed by atoms with van der Waals surface area (Å²) in [7, 11) is 0. The average molecular weight is 242 g/mol. The van der Waals surface area contributed by atoms with Gasteiger partial charge in [0.1, 0.15) is 6.04 Å². The molecular weight excluding hydrogens is 224 g/mol. The topological polar surface area (TPSA) is 104 Å². The fraction of sp³-hybridized carbons (Fsp3) is 0.818. The van der Waals surface area contributed by atoms with Crippen LogP contribution < -0.4 is 5.73 Å². The largest absolute Gasteiger partial charge is 0.480 e. The summed E-state index contributed by atoms with van der Waals surface area (Å²) in [4.78, 5) is 24.2. The number of aliphatic hydroxyl groups excluding tert-OH is 1. The zero-order valence-electron chi connectivity index (χ0n) is 9.63. The quantitative estimate of drug-likeness (QED) is 0.607. The Morgan fingerprint density at radius 1 is 1.41 bits per heavy atom. The van der Waals surface area contributed by atoms with Gasteiger partial charge in [0.25, 0.3) is 0 Å². The molecule has 1 saturated carbocycles. The number of nitrogens with two attached hydrogens (primary N) is 1. The van der Waals surface area contributed by atoms with E-state index in [2.05, 4.69) is 0 Å². The summed E-state index contributed by atoms with van der Waals surface area (Å²) in [5.74, 6) is -1.31. The van der Waals surface area contributed by atoms with Crippen molar-refractivity contribution in [2.24, 2.45) is 5.73 Å². The van der Waals surface area contributed by atoms with Crippen molar-refractivity contribution in [3.8, 4) is 0 Å². The maximum absolute atomic E-state index is 12.0. The van der Waals surface area contributed by atoms with E-state index < -0.39 is 23.7 Å². The number of nitrogens with zero attached hydrogens (tertiary/aromatic N) is 1. The van der Waals surface area contributed by atoms with Crippen molar-refractivity contribution < 1.29 is 19.8 Å². The first kappa shape index (κ1) is 12.3. The number of amides is 1. The molecule has 2 atom stereocenters. The molecule has 0 bridgehead atoms. The lowest BCUT2D eigenvalue weighted by Crippen LogP contribution is -2.52. The standard InChI is InChI=1S/C11H18N2O4/c12-11(2-1-3-11)5-9(15)13-6-7(14)4-8(13)10(16)17/h7-8,14H,1-6,12H2,(H,16,17)/t7?,8-/m0/s1. The Balaban J connectivity index is 2.00. The number of β-amino-alcohol motifs (C(OH)–C–C–N with tert-alkyl or cyclic N) is 1. The highest BCUT2D eigenvalue weighted by molar-refractivity contribution is 5.85. The van der Waals surface area contributed by atoms with Gasteiger partial charge in [-0.1, -0.05) is 0 Å². The van der Waals surface area contributed by atoms with Crippen molar-refractivity contribution in [2.45, 2.75) is 49.8 Å². The number of hydrogen-bond donors (Lipinski definition) is 3. The second-order valence-corrected chi connectivity index (χ2v) is 5.18. The molecule has 2 rings (SSSR count). The van der Waals surface area contributed by atoms with Crippen LogP contribution in [0.15, 0.2) is 0 Å². The Hall–Kier alpha value is -1.14. The van der Waals surface area contributed by atoms with Crippen LogP contribution in [-0.4, -0.2) is 51.2 Å². The van der Waals surface area contributed by atoms with Gasteiger partial charge in [0.05, 0.1) is 6.10 Å². The highest BCUT2D eigenvalue weighted by Gasteiger charge is 2.42. The number of rotatable bonds is 3. The first-order chi connectivity index (χ1) is 7.91. The van der Waals surface area contributed by atoms with Crippen LogP contribution in [0.1, 0.15) is 32.1 Å². The van der Waals surface area contributed by atoms with E-state index in [9.17, 15) is 14.7 Å². The van der Waals surface area contributed by atoms with Crippen molar-refractivity contribution in [1.29, 1.82) is 0 Å². The lowest BCUT2D eigenvalue weighted by molar-refractivity contribution is -0.149. The van der Waals surface area contributed by atoms with Gasteiger partial charge < -0.3 is 20.8 Å². The van der Waals surface area contributed by atoms with Crippen molar-refractivity contribution in [1.82, 2.24) is 4.90 Å². The molecule has 2 fully saturated rings. The highest BCUT2D eigenvalue weighted by Crippen LogP contribution is 2.33. The molecule has 1 aliphatic carbocycles. The van der Waals surface area contributed by atoms with E-state index in [0.29, 0.717) is 0 Å². The zero-order chi connectivity index (χ0) is 12.6. The van der Waals surface area contributed by atoms with Crippen LogP contribution >= 0.6 is 0 Å². The van der Waals surface area contributed by atoms with Crippen molar-refractivity contribution in [3.05, 3.63) is 0 Å². The van der Waals surface area contributed by atoms with Crippen LogP contribution in [0, 0.1) is 0 Å². The molecule has 1 saturated heterocycles. The Kier molecular flexibility index (Phi) is 3.09. The second-order valence-electron chi connectivity index (χ2n) is 5.18. The third kappa shape index (κ3) is 2.42. The van der Waals surface area contributed by atoms with Gasteiger partial charge in [-0.2, -0.15) is 0 Å². The van der Waals surface area contributed by atoms with Crippen molar-refractivity contribution >= 4 is 11.9 Å². The number of carbonyl (C=O) groups is 2. The van der Waals surface area contributed by atoms with E-state index in [1.165, 1.54) is 4.90 Å². The third-order valence-corrected chi connectivity index (χ3v) is 3.74. The molecule has 2 aliphatic rings. The molecule has 1 aliphatic heterocycles. The second kappa shape index (κ2) is 4.27. The molecule has 1 unspecified atom stereocenters. The molecule has 6 heteroatoms. The van der Waals surface area contributed by atoms with E-state index in [0.717, 1.165) is 19.3 Å². The van der Waals surface area contributed by atoms with Gasteiger partial charge in [0, 0.05) is 24.9 Å². The molecule has 0 aromatic heterocycles. The summed E-state index contributed by atoms with van der Waals surface area (Å²) in [6.07, 6.45) is 2.20. The highest BCUT2D eigenvalue weighted by atomic mass is 16.4. The van der Waals surface area contributed by atoms with E-state index in [1.807, 2.05) is 0 Å². The first-order valence-corrected chi connectivity index (χ1v) is 5.90.